The summed E-state index contributed by atoms with van der Waals surface area (Å²) in [4.78, 5) is 11.8. The van der Waals surface area contributed by atoms with Crippen molar-refractivity contribution in [3.8, 4) is 5.75 Å². The van der Waals surface area contributed by atoms with Crippen LogP contribution in [0.2, 0.25) is 5.02 Å². The van der Waals surface area contributed by atoms with E-state index in [0.717, 1.165) is 5.56 Å². The summed E-state index contributed by atoms with van der Waals surface area (Å²) in [6.07, 6.45) is 2.43. The summed E-state index contributed by atoms with van der Waals surface area (Å²) in [5, 5.41) is 4.10. The Morgan fingerprint density at radius 1 is 1.43 bits per heavy atom. The number of hydrogen-bond donors (Lipinski definition) is 1. The number of esters is 1. The van der Waals surface area contributed by atoms with Crippen LogP contribution in [-0.2, 0) is 16.1 Å². The first-order chi connectivity index (χ1) is 10.1. The fourth-order valence-electron chi connectivity index (χ4n) is 2.03. The van der Waals surface area contributed by atoms with Gasteiger partial charge in [-0.1, -0.05) is 18.5 Å². The number of benzene rings is 1. The van der Waals surface area contributed by atoms with Crippen LogP contribution in [0.25, 0.3) is 0 Å². The minimum absolute atomic E-state index is 0.323. The quantitative estimate of drug-likeness (QED) is 0.748. The van der Waals surface area contributed by atoms with Crippen molar-refractivity contribution in [2.45, 2.75) is 51.8 Å². The summed E-state index contributed by atoms with van der Waals surface area (Å²) in [5.41, 5.74) is 0.970. The van der Waals surface area contributed by atoms with Gasteiger partial charge in [0.15, 0.2) is 6.10 Å². The van der Waals surface area contributed by atoms with Crippen LogP contribution in [0.4, 0.5) is 0 Å². The molecule has 4 nitrogen and oxygen atoms in total. The lowest BCUT2D eigenvalue weighted by Crippen LogP contribution is -2.29. The minimum Gasteiger partial charge on any atom is -0.478 e. The molecule has 5 heteroatoms. The van der Waals surface area contributed by atoms with Gasteiger partial charge in [0.1, 0.15) is 5.75 Å². The molecule has 116 valence electrons. The first-order valence-electron chi connectivity index (χ1n) is 7.49. The number of rotatable bonds is 8. The zero-order valence-corrected chi connectivity index (χ0v) is 13.3. The molecule has 1 aromatic rings. The van der Waals surface area contributed by atoms with Crippen LogP contribution in [0.15, 0.2) is 18.2 Å². The predicted molar refractivity (Wildman–Crippen MR) is 82.7 cm³/mol. The smallest absolute Gasteiger partial charge is 0.347 e. The van der Waals surface area contributed by atoms with Gasteiger partial charge in [-0.25, -0.2) is 4.79 Å². The lowest BCUT2D eigenvalue weighted by molar-refractivity contribution is -0.151. The van der Waals surface area contributed by atoms with Crippen LogP contribution >= 0.6 is 11.6 Å². The Kier molecular flexibility index (Phi) is 5.88. The Morgan fingerprint density at radius 3 is 2.81 bits per heavy atom. The summed E-state index contributed by atoms with van der Waals surface area (Å²) in [7, 11) is 0. The van der Waals surface area contributed by atoms with E-state index in [9.17, 15) is 4.79 Å². The van der Waals surface area contributed by atoms with Gasteiger partial charge in [-0.2, -0.15) is 0 Å². The van der Waals surface area contributed by atoms with Gasteiger partial charge in [-0.05, 0) is 44.4 Å². The van der Waals surface area contributed by atoms with Crippen LogP contribution in [0.1, 0.15) is 38.7 Å². The molecule has 0 aromatic heterocycles. The fraction of sp³-hybridized carbons (Fsp3) is 0.562. The highest BCUT2D eigenvalue weighted by atomic mass is 35.5. The molecule has 1 aliphatic carbocycles. The molecule has 1 aromatic carbocycles. The van der Waals surface area contributed by atoms with E-state index in [1.54, 1.807) is 13.0 Å². The normalized spacial score (nSPS) is 15.6. The Balaban J connectivity index is 2.07. The highest BCUT2D eigenvalue weighted by Gasteiger charge is 2.23. The number of nitrogens with one attached hydrogen (secondary N) is 1. The second-order valence-corrected chi connectivity index (χ2v) is 5.61. The molecule has 0 radical (unpaired) electrons. The molecule has 1 unspecified atom stereocenters. The molecule has 21 heavy (non-hydrogen) atoms. The highest BCUT2D eigenvalue weighted by molar-refractivity contribution is 6.30. The van der Waals surface area contributed by atoms with Gasteiger partial charge in [0.25, 0.3) is 0 Å². The first kappa shape index (κ1) is 16.1. The lowest BCUT2D eigenvalue weighted by atomic mass is 10.2. The molecule has 1 atom stereocenters. The first-order valence-corrected chi connectivity index (χ1v) is 7.87. The molecular formula is C16H22ClNO3. The van der Waals surface area contributed by atoms with E-state index in [2.05, 4.69) is 5.32 Å². The number of ether oxygens (including phenoxy) is 2. The van der Waals surface area contributed by atoms with Gasteiger partial charge in [0.05, 0.1) is 6.61 Å². The van der Waals surface area contributed by atoms with Crippen molar-refractivity contribution < 1.29 is 14.3 Å². The highest BCUT2D eigenvalue weighted by Crippen LogP contribution is 2.26. The van der Waals surface area contributed by atoms with E-state index in [0.29, 0.717) is 36.4 Å². The Hall–Kier alpha value is -1.26. The topological polar surface area (TPSA) is 47.6 Å². The van der Waals surface area contributed by atoms with Crippen LogP contribution in [-0.4, -0.2) is 24.7 Å². The maximum atomic E-state index is 11.8. The van der Waals surface area contributed by atoms with Crippen molar-refractivity contribution in [1.29, 1.82) is 0 Å². The van der Waals surface area contributed by atoms with Crippen LogP contribution in [0, 0.1) is 0 Å². The Labute approximate surface area is 130 Å². The van der Waals surface area contributed by atoms with Gasteiger partial charge in [-0.3, -0.25) is 0 Å². The zero-order valence-electron chi connectivity index (χ0n) is 12.5. The zero-order chi connectivity index (χ0) is 15.2. The molecule has 0 bridgehead atoms. The van der Waals surface area contributed by atoms with Gasteiger partial charge in [0, 0.05) is 23.2 Å². The molecule has 0 saturated heterocycles. The van der Waals surface area contributed by atoms with E-state index in [1.165, 1.54) is 12.8 Å². The average molecular weight is 312 g/mol. The maximum absolute atomic E-state index is 11.8. The van der Waals surface area contributed by atoms with Gasteiger partial charge in [0.2, 0.25) is 0 Å². The van der Waals surface area contributed by atoms with E-state index in [4.69, 9.17) is 21.1 Å². The Morgan fingerprint density at radius 2 is 2.19 bits per heavy atom. The summed E-state index contributed by atoms with van der Waals surface area (Å²) < 4.78 is 10.9. The third-order valence-electron chi connectivity index (χ3n) is 3.37. The van der Waals surface area contributed by atoms with Crippen molar-refractivity contribution in [2.24, 2.45) is 0 Å². The number of halogens is 1. The second-order valence-electron chi connectivity index (χ2n) is 5.17. The van der Waals surface area contributed by atoms with E-state index in [-0.39, 0.29) is 5.97 Å². The summed E-state index contributed by atoms with van der Waals surface area (Å²) in [6, 6.07) is 6.07. The van der Waals surface area contributed by atoms with E-state index < -0.39 is 6.10 Å². The standard InChI is InChI=1S/C16H22ClNO3/c1-3-14(16(19)20-4-2)21-15-8-5-12(17)9-11(15)10-18-13-6-7-13/h5,8-9,13-14,18H,3-4,6-7,10H2,1-2H3. The Bertz CT molecular complexity index is 488. The SMILES string of the molecule is CCOC(=O)C(CC)Oc1ccc(Cl)cc1CNC1CC1. The third-order valence-corrected chi connectivity index (χ3v) is 3.61. The molecule has 1 N–H and O–H groups in total. The lowest BCUT2D eigenvalue weighted by Gasteiger charge is -2.19. The molecule has 0 heterocycles. The fourth-order valence-corrected chi connectivity index (χ4v) is 2.22. The van der Waals surface area contributed by atoms with Crippen LogP contribution in [0.3, 0.4) is 0 Å². The monoisotopic (exact) mass is 311 g/mol. The minimum atomic E-state index is -0.578. The van der Waals surface area contributed by atoms with Crippen molar-refractivity contribution >= 4 is 17.6 Å². The number of hydrogen-bond acceptors (Lipinski definition) is 4. The molecule has 0 amide bonds. The summed E-state index contributed by atoms with van der Waals surface area (Å²) in [5.74, 6) is 0.364. The average Bonchev–Trinajstić information content (AvgIpc) is 3.28. The molecule has 0 spiro atoms. The van der Waals surface area contributed by atoms with Crippen LogP contribution in [0.5, 0.6) is 5.75 Å². The summed E-state index contributed by atoms with van der Waals surface area (Å²) in [6.45, 7) is 4.74. The molecular weight excluding hydrogens is 290 g/mol. The molecule has 1 aliphatic rings. The van der Waals surface area contributed by atoms with E-state index >= 15 is 0 Å². The molecule has 1 fully saturated rings. The molecule has 0 aliphatic heterocycles. The van der Waals surface area contributed by atoms with Crippen molar-refractivity contribution in [1.82, 2.24) is 5.32 Å². The largest absolute Gasteiger partial charge is 0.478 e. The maximum Gasteiger partial charge on any atom is 0.347 e. The number of carbonyl (C=O) groups is 1. The number of carbonyl (C=O) groups excluding carboxylic acids is 1. The van der Waals surface area contributed by atoms with Crippen LogP contribution < -0.4 is 10.1 Å². The van der Waals surface area contributed by atoms with Crippen molar-refractivity contribution in [3.63, 3.8) is 0 Å². The molecule has 1 saturated carbocycles. The van der Waals surface area contributed by atoms with Gasteiger partial charge < -0.3 is 14.8 Å². The van der Waals surface area contributed by atoms with Crippen molar-refractivity contribution in [3.05, 3.63) is 28.8 Å². The third kappa shape index (κ3) is 4.90. The van der Waals surface area contributed by atoms with Gasteiger partial charge in [-0.15, -0.1) is 0 Å². The van der Waals surface area contributed by atoms with Gasteiger partial charge >= 0.3 is 5.97 Å². The summed E-state index contributed by atoms with van der Waals surface area (Å²) >= 11 is 6.06. The predicted octanol–water partition coefficient (Wildman–Crippen LogP) is 3.31. The second kappa shape index (κ2) is 7.66. The van der Waals surface area contributed by atoms with E-state index in [1.807, 2.05) is 19.1 Å². The van der Waals surface area contributed by atoms with Crippen molar-refractivity contribution in [2.75, 3.05) is 6.61 Å². The molecule has 2 rings (SSSR count).